The number of anilines is 2. The first-order valence-electron chi connectivity index (χ1n) is 10.1. The molecular formula is C24H23N3O3S2. The van der Waals surface area contributed by atoms with Crippen LogP contribution in [0.4, 0.5) is 10.9 Å². The van der Waals surface area contributed by atoms with Crippen molar-refractivity contribution < 1.29 is 14.6 Å². The zero-order valence-electron chi connectivity index (χ0n) is 18.0. The SMILES string of the molecule is COC(=O)c1cc(-c2cccs2)cnc1Nc1nc(-c2ccc(O)cc2)c(CC(C)C)s1. The van der Waals surface area contributed by atoms with Crippen LogP contribution in [0.2, 0.25) is 0 Å². The Bertz CT molecular complexity index is 1220. The van der Waals surface area contributed by atoms with Crippen molar-refractivity contribution in [3.8, 4) is 27.4 Å². The van der Waals surface area contributed by atoms with E-state index in [0.717, 1.165) is 33.0 Å². The lowest BCUT2D eigenvalue weighted by Gasteiger charge is -2.09. The first-order valence-corrected chi connectivity index (χ1v) is 11.8. The number of pyridine rings is 1. The van der Waals surface area contributed by atoms with Gasteiger partial charge in [-0.25, -0.2) is 14.8 Å². The molecule has 3 heterocycles. The summed E-state index contributed by atoms with van der Waals surface area (Å²) in [5.41, 5.74) is 3.00. The van der Waals surface area contributed by atoms with Crippen LogP contribution in [0.15, 0.2) is 54.0 Å². The van der Waals surface area contributed by atoms with Gasteiger partial charge in [0.15, 0.2) is 5.13 Å². The van der Waals surface area contributed by atoms with Crippen LogP contribution in [-0.4, -0.2) is 28.2 Å². The minimum Gasteiger partial charge on any atom is -0.508 e. The maximum Gasteiger partial charge on any atom is 0.341 e. The summed E-state index contributed by atoms with van der Waals surface area (Å²) in [6.07, 6.45) is 2.61. The molecule has 1 aromatic carbocycles. The Morgan fingerprint density at radius 3 is 2.62 bits per heavy atom. The van der Waals surface area contributed by atoms with Gasteiger partial charge in [-0.3, -0.25) is 0 Å². The molecule has 0 amide bonds. The van der Waals surface area contributed by atoms with E-state index in [1.54, 1.807) is 35.7 Å². The molecule has 6 nitrogen and oxygen atoms in total. The summed E-state index contributed by atoms with van der Waals surface area (Å²) in [4.78, 5) is 23.9. The number of phenols is 1. The maximum atomic E-state index is 12.5. The number of phenolic OH excluding ortho intramolecular Hbond substituents is 1. The molecule has 3 aromatic heterocycles. The predicted molar refractivity (Wildman–Crippen MR) is 130 cm³/mol. The van der Waals surface area contributed by atoms with Gasteiger partial charge in [-0.05, 0) is 54.1 Å². The van der Waals surface area contributed by atoms with Crippen molar-refractivity contribution in [3.63, 3.8) is 0 Å². The number of nitrogens with zero attached hydrogens (tertiary/aromatic N) is 2. The Morgan fingerprint density at radius 1 is 1.19 bits per heavy atom. The summed E-state index contributed by atoms with van der Waals surface area (Å²) in [6.45, 7) is 4.32. The van der Waals surface area contributed by atoms with Gasteiger partial charge in [0.05, 0.1) is 12.8 Å². The molecule has 0 atom stereocenters. The molecule has 0 aliphatic heterocycles. The predicted octanol–water partition coefficient (Wildman–Crippen LogP) is 6.37. The van der Waals surface area contributed by atoms with E-state index in [1.165, 1.54) is 18.4 Å². The molecule has 0 radical (unpaired) electrons. The third-order valence-corrected chi connectivity index (χ3v) is 6.67. The summed E-state index contributed by atoms with van der Waals surface area (Å²) in [6, 6.07) is 12.7. The highest BCUT2D eigenvalue weighted by Gasteiger charge is 2.19. The monoisotopic (exact) mass is 465 g/mol. The fourth-order valence-electron chi connectivity index (χ4n) is 3.27. The van der Waals surface area contributed by atoms with Crippen molar-refractivity contribution in [1.29, 1.82) is 0 Å². The zero-order valence-corrected chi connectivity index (χ0v) is 19.6. The summed E-state index contributed by atoms with van der Waals surface area (Å²) in [5.74, 6) is 0.605. The van der Waals surface area contributed by atoms with Gasteiger partial charge in [0.2, 0.25) is 0 Å². The van der Waals surface area contributed by atoms with Crippen molar-refractivity contribution in [2.45, 2.75) is 20.3 Å². The highest BCUT2D eigenvalue weighted by atomic mass is 32.1. The molecular weight excluding hydrogens is 442 g/mol. The lowest BCUT2D eigenvalue weighted by molar-refractivity contribution is 0.0601. The molecule has 0 bridgehead atoms. The van der Waals surface area contributed by atoms with Crippen molar-refractivity contribution >= 4 is 39.6 Å². The molecule has 164 valence electrons. The number of rotatable bonds is 7. The Balaban J connectivity index is 1.71. The zero-order chi connectivity index (χ0) is 22.7. The number of esters is 1. The average molecular weight is 466 g/mol. The van der Waals surface area contributed by atoms with Gasteiger partial charge < -0.3 is 15.2 Å². The second-order valence-corrected chi connectivity index (χ2v) is 9.68. The largest absolute Gasteiger partial charge is 0.508 e. The van der Waals surface area contributed by atoms with E-state index >= 15 is 0 Å². The quantitative estimate of drug-likeness (QED) is 0.309. The van der Waals surface area contributed by atoms with Crippen molar-refractivity contribution in [2.24, 2.45) is 5.92 Å². The van der Waals surface area contributed by atoms with Crippen LogP contribution in [-0.2, 0) is 11.2 Å². The number of aromatic nitrogens is 2. The molecule has 0 spiro atoms. The normalized spacial score (nSPS) is 11.0. The summed E-state index contributed by atoms with van der Waals surface area (Å²) in [5, 5.41) is 15.5. The third kappa shape index (κ3) is 4.81. The number of carbonyl (C=O) groups is 1. The molecule has 0 fully saturated rings. The minimum atomic E-state index is -0.462. The van der Waals surface area contributed by atoms with Gasteiger partial charge in [-0.1, -0.05) is 19.9 Å². The van der Waals surface area contributed by atoms with E-state index in [2.05, 4.69) is 24.1 Å². The van der Waals surface area contributed by atoms with Crippen LogP contribution in [0.3, 0.4) is 0 Å². The van der Waals surface area contributed by atoms with Gasteiger partial charge in [0.1, 0.15) is 17.1 Å². The number of hydrogen-bond donors (Lipinski definition) is 2. The Labute approximate surface area is 194 Å². The standard InChI is InChI=1S/C24H23N3O3S2/c1-14(2)11-20-21(15-6-8-17(28)9-7-15)26-24(32-20)27-22-18(23(29)30-3)12-16(13-25-22)19-5-4-10-31-19/h4-10,12-14,28H,11H2,1-3H3,(H,25,26,27). The van der Waals surface area contributed by atoms with Crippen molar-refractivity contribution in [1.82, 2.24) is 9.97 Å². The Hall–Kier alpha value is -3.23. The number of ether oxygens (including phenoxy) is 1. The highest BCUT2D eigenvalue weighted by Crippen LogP contribution is 2.36. The molecule has 0 unspecified atom stereocenters. The van der Waals surface area contributed by atoms with E-state index in [1.807, 2.05) is 29.6 Å². The number of nitrogens with one attached hydrogen (secondary N) is 1. The number of methoxy groups -OCH3 is 1. The lowest BCUT2D eigenvalue weighted by Crippen LogP contribution is -2.07. The molecule has 32 heavy (non-hydrogen) atoms. The second-order valence-electron chi connectivity index (χ2n) is 7.65. The van der Waals surface area contributed by atoms with Gasteiger partial charge in [-0.15, -0.1) is 22.7 Å². The first kappa shape index (κ1) is 22.0. The van der Waals surface area contributed by atoms with Crippen LogP contribution in [0.5, 0.6) is 5.75 Å². The number of thiophene rings is 1. The molecule has 0 saturated heterocycles. The van der Waals surface area contributed by atoms with Gasteiger partial charge in [0.25, 0.3) is 0 Å². The maximum absolute atomic E-state index is 12.5. The number of hydrogen-bond acceptors (Lipinski definition) is 8. The first-order chi connectivity index (χ1) is 15.4. The average Bonchev–Trinajstić information content (AvgIpc) is 3.44. The van der Waals surface area contributed by atoms with Crippen LogP contribution in [0.1, 0.15) is 29.1 Å². The molecule has 2 N–H and O–H groups in total. The van der Waals surface area contributed by atoms with E-state index in [0.29, 0.717) is 22.4 Å². The number of thiazole rings is 1. The molecule has 8 heteroatoms. The third-order valence-electron chi connectivity index (χ3n) is 4.76. The lowest BCUT2D eigenvalue weighted by atomic mass is 10.0. The molecule has 0 aliphatic carbocycles. The van der Waals surface area contributed by atoms with Crippen LogP contribution in [0.25, 0.3) is 21.7 Å². The second kappa shape index (κ2) is 9.50. The highest BCUT2D eigenvalue weighted by molar-refractivity contribution is 7.16. The van der Waals surface area contributed by atoms with E-state index in [-0.39, 0.29) is 5.75 Å². The van der Waals surface area contributed by atoms with Crippen molar-refractivity contribution in [2.75, 3.05) is 12.4 Å². The Morgan fingerprint density at radius 2 is 1.97 bits per heavy atom. The van der Waals surface area contributed by atoms with E-state index < -0.39 is 5.97 Å². The summed E-state index contributed by atoms with van der Waals surface area (Å²) in [7, 11) is 1.36. The number of aromatic hydroxyl groups is 1. The fraction of sp³-hybridized carbons (Fsp3) is 0.208. The van der Waals surface area contributed by atoms with Crippen molar-refractivity contribution in [3.05, 3.63) is 64.5 Å². The van der Waals surface area contributed by atoms with Gasteiger partial charge >= 0.3 is 5.97 Å². The topological polar surface area (TPSA) is 84.3 Å². The van der Waals surface area contributed by atoms with Gasteiger partial charge in [0, 0.05) is 27.1 Å². The fourth-order valence-corrected chi connectivity index (χ4v) is 5.17. The summed E-state index contributed by atoms with van der Waals surface area (Å²) >= 11 is 3.12. The van der Waals surface area contributed by atoms with Crippen LogP contribution in [0, 0.1) is 5.92 Å². The Kier molecular flexibility index (Phi) is 6.53. The molecule has 4 rings (SSSR count). The molecule has 0 saturated carbocycles. The summed E-state index contributed by atoms with van der Waals surface area (Å²) < 4.78 is 4.99. The van der Waals surface area contributed by atoms with Crippen LogP contribution >= 0.6 is 22.7 Å². The molecule has 0 aliphatic rings. The smallest absolute Gasteiger partial charge is 0.341 e. The minimum absolute atomic E-state index is 0.213. The van der Waals surface area contributed by atoms with E-state index in [9.17, 15) is 9.90 Å². The van der Waals surface area contributed by atoms with E-state index in [4.69, 9.17) is 9.72 Å². The number of benzene rings is 1. The number of carbonyl (C=O) groups excluding carboxylic acids is 1. The van der Waals surface area contributed by atoms with Crippen LogP contribution < -0.4 is 5.32 Å². The molecule has 4 aromatic rings. The van der Waals surface area contributed by atoms with Gasteiger partial charge in [-0.2, -0.15) is 0 Å².